The molecule has 0 aliphatic carbocycles. The summed E-state index contributed by atoms with van der Waals surface area (Å²) < 4.78 is 0. The number of carbonyl (C=O) groups is 3. The van der Waals surface area contributed by atoms with E-state index in [-0.39, 0.29) is 0 Å². The molecule has 1 aromatic rings. The van der Waals surface area contributed by atoms with E-state index >= 15 is 0 Å². The van der Waals surface area contributed by atoms with Crippen LogP contribution in [0.15, 0.2) is 36.4 Å². The van der Waals surface area contributed by atoms with E-state index in [1.54, 1.807) is 0 Å². The van der Waals surface area contributed by atoms with Crippen LogP contribution >= 0.6 is 23.2 Å². The van der Waals surface area contributed by atoms with Crippen LogP contribution in [-0.4, -0.2) is 64.1 Å². The zero-order chi connectivity index (χ0) is 20.8. The number of carboxylic acid groups (broad SMARTS) is 3. The summed E-state index contributed by atoms with van der Waals surface area (Å²) in [5, 5.41) is 24.4. The monoisotopic (exact) mass is 420 g/mol. The number of nitrogens with two attached hydrogens (primary N) is 1. The smallest absolute Gasteiger partial charge is 0.328 e. The van der Waals surface area contributed by atoms with Crippen molar-refractivity contribution in [3.63, 3.8) is 0 Å². The Morgan fingerprint density at radius 1 is 0.963 bits per heavy atom. The summed E-state index contributed by atoms with van der Waals surface area (Å²) in [6.45, 7) is 1.45. The van der Waals surface area contributed by atoms with E-state index in [2.05, 4.69) is 4.90 Å². The molecule has 0 saturated carbocycles. The molecule has 0 bridgehead atoms. The van der Waals surface area contributed by atoms with Crippen molar-refractivity contribution in [1.29, 1.82) is 0 Å². The van der Waals surface area contributed by atoms with Crippen LogP contribution in [0.4, 0.5) is 5.69 Å². The summed E-state index contributed by atoms with van der Waals surface area (Å²) in [5.41, 5.74) is 7.42. The highest BCUT2D eigenvalue weighted by Crippen LogP contribution is 2.16. The third-order valence-corrected chi connectivity index (χ3v) is 3.49. The SMILES string of the molecule is NC(Cc1ccc(N(CCCl)CCCl)cc1)C(=O)O.O=C(O)/C=C\C(=O)O. The van der Waals surface area contributed by atoms with Crippen LogP contribution in [0, 0.1) is 0 Å². The predicted molar refractivity (Wildman–Crippen MR) is 104 cm³/mol. The number of hydrogen-bond acceptors (Lipinski definition) is 5. The molecule has 0 fully saturated rings. The van der Waals surface area contributed by atoms with Gasteiger partial charge in [-0.15, -0.1) is 23.2 Å². The Labute approximate surface area is 166 Å². The molecule has 0 spiro atoms. The van der Waals surface area contributed by atoms with Gasteiger partial charge in [-0.2, -0.15) is 0 Å². The first kappa shape index (κ1) is 24.7. The molecule has 0 aliphatic heterocycles. The second kappa shape index (κ2) is 13.9. The second-order valence-electron chi connectivity index (χ2n) is 5.19. The molecule has 10 heteroatoms. The highest BCUT2D eigenvalue weighted by atomic mass is 35.5. The van der Waals surface area contributed by atoms with Crippen molar-refractivity contribution in [3.8, 4) is 0 Å². The van der Waals surface area contributed by atoms with Gasteiger partial charge in [-0.05, 0) is 24.1 Å². The van der Waals surface area contributed by atoms with Gasteiger partial charge in [0.05, 0.1) is 0 Å². The number of rotatable bonds is 10. The molecule has 1 atom stereocenters. The molecule has 1 unspecified atom stereocenters. The molecule has 0 aromatic heterocycles. The van der Waals surface area contributed by atoms with Crippen LogP contribution in [0.3, 0.4) is 0 Å². The number of halogens is 2. The van der Waals surface area contributed by atoms with Gasteiger partial charge in [-0.25, -0.2) is 9.59 Å². The lowest BCUT2D eigenvalue weighted by Gasteiger charge is -2.23. The fourth-order valence-corrected chi connectivity index (χ4v) is 2.31. The third kappa shape index (κ3) is 11.8. The largest absolute Gasteiger partial charge is 0.480 e. The summed E-state index contributed by atoms with van der Waals surface area (Å²) in [5.74, 6) is -2.44. The van der Waals surface area contributed by atoms with E-state index in [0.717, 1.165) is 24.3 Å². The molecule has 27 heavy (non-hydrogen) atoms. The molecule has 1 aromatic carbocycles. The van der Waals surface area contributed by atoms with Crippen LogP contribution in [0.5, 0.6) is 0 Å². The lowest BCUT2D eigenvalue weighted by atomic mass is 10.1. The first-order chi connectivity index (χ1) is 12.7. The van der Waals surface area contributed by atoms with Gasteiger partial charge < -0.3 is 26.0 Å². The molecular formula is C17H22Cl2N2O6. The zero-order valence-corrected chi connectivity index (χ0v) is 15.9. The lowest BCUT2D eigenvalue weighted by Crippen LogP contribution is -2.32. The van der Waals surface area contributed by atoms with Crippen molar-refractivity contribution >= 4 is 46.8 Å². The van der Waals surface area contributed by atoms with Gasteiger partial charge in [-0.3, -0.25) is 4.79 Å². The van der Waals surface area contributed by atoms with Crippen molar-refractivity contribution in [2.75, 3.05) is 29.7 Å². The highest BCUT2D eigenvalue weighted by Gasteiger charge is 2.12. The number of hydrogen-bond donors (Lipinski definition) is 4. The summed E-state index contributed by atoms with van der Waals surface area (Å²) >= 11 is 11.5. The van der Waals surface area contributed by atoms with E-state index in [1.165, 1.54) is 0 Å². The number of carboxylic acids is 3. The van der Waals surface area contributed by atoms with Crippen LogP contribution < -0.4 is 10.6 Å². The van der Waals surface area contributed by atoms with Gasteiger partial charge in [0.25, 0.3) is 0 Å². The minimum absolute atomic E-state index is 0.320. The first-order valence-corrected chi connectivity index (χ1v) is 8.86. The van der Waals surface area contributed by atoms with Gasteiger partial charge in [0.15, 0.2) is 0 Å². The Hall–Kier alpha value is -2.29. The van der Waals surface area contributed by atoms with E-state index in [0.29, 0.717) is 30.3 Å². The molecule has 0 heterocycles. The lowest BCUT2D eigenvalue weighted by molar-refractivity contribution is -0.138. The molecule has 0 radical (unpaired) electrons. The predicted octanol–water partition coefficient (Wildman–Crippen LogP) is 1.64. The minimum Gasteiger partial charge on any atom is -0.480 e. The van der Waals surface area contributed by atoms with Crippen molar-refractivity contribution < 1.29 is 29.7 Å². The first-order valence-electron chi connectivity index (χ1n) is 7.79. The van der Waals surface area contributed by atoms with Crippen molar-refractivity contribution in [2.45, 2.75) is 12.5 Å². The standard InChI is InChI=1S/C13H18Cl2N2O2.C4H4O4/c14-5-7-17(8-6-15)11-3-1-10(2-4-11)9-12(16)13(18)19;5-3(6)1-2-4(7)8/h1-4,12H,5-9,16H2,(H,18,19);1-2H,(H,5,6)(H,7,8)/b;2-1-. The molecule has 1 rings (SSSR count). The summed E-state index contributed by atoms with van der Waals surface area (Å²) in [6, 6.07) is 6.76. The van der Waals surface area contributed by atoms with Crippen molar-refractivity contribution in [1.82, 2.24) is 0 Å². The number of nitrogens with zero attached hydrogens (tertiary/aromatic N) is 1. The van der Waals surface area contributed by atoms with E-state index in [9.17, 15) is 14.4 Å². The van der Waals surface area contributed by atoms with Crippen molar-refractivity contribution in [2.24, 2.45) is 5.73 Å². The molecule has 5 N–H and O–H groups in total. The molecule has 0 aliphatic rings. The van der Waals surface area contributed by atoms with Crippen LogP contribution in [-0.2, 0) is 20.8 Å². The summed E-state index contributed by atoms with van der Waals surface area (Å²) in [4.78, 5) is 31.9. The number of anilines is 1. The maximum Gasteiger partial charge on any atom is 0.328 e. The normalized spacial score (nSPS) is 11.4. The molecule has 8 nitrogen and oxygen atoms in total. The topological polar surface area (TPSA) is 141 Å². The Morgan fingerprint density at radius 3 is 1.74 bits per heavy atom. The zero-order valence-electron chi connectivity index (χ0n) is 14.4. The average molecular weight is 421 g/mol. The minimum atomic E-state index is -1.26. The van der Waals surface area contributed by atoms with Gasteiger partial charge in [0, 0.05) is 42.7 Å². The van der Waals surface area contributed by atoms with Crippen LogP contribution in [0.25, 0.3) is 0 Å². The van der Waals surface area contributed by atoms with Crippen LogP contribution in [0.2, 0.25) is 0 Å². The van der Waals surface area contributed by atoms with Gasteiger partial charge in [0.2, 0.25) is 0 Å². The van der Waals surface area contributed by atoms with Crippen LogP contribution in [0.1, 0.15) is 5.56 Å². The highest BCUT2D eigenvalue weighted by molar-refractivity contribution is 6.18. The summed E-state index contributed by atoms with van der Waals surface area (Å²) in [6.07, 6.45) is 1.44. The van der Waals surface area contributed by atoms with E-state index < -0.39 is 23.9 Å². The van der Waals surface area contributed by atoms with Gasteiger partial charge in [0.1, 0.15) is 6.04 Å². The van der Waals surface area contributed by atoms with E-state index in [4.69, 9.17) is 44.3 Å². The Bertz CT molecular complexity index is 615. The maximum atomic E-state index is 10.7. The Morgan fingerprint density at radius 2 is 1.41 bits per heavy atom. The molecule has 0 saturated heterocycles. The maximum absolute atomic E-state index is 10.7. The fourth-order valence-electron chi connectivity index (χ4n) is 1.90. The quantitative estimate of drug-likeness (QED) is 0.330. The van der Waals surface area contributed by atoms with Crippen molar-refractivity contribution in [3.05, 3.63) is 42.0 Å². The number of benzene rings is 1. The number of aliphatic carboxylic acids is 3. The molecule has 150 valence electrons. The average Bonchev–Trinajstić information content (AvgIpc) is 2.61. The van der Waals surface area contributed by atoms with Gasteiger partial charge >= 0.3 is 17.9 Å². The fraction of sp³-hybridized carbons (Fsp3) is 0.353. The Kier molecular flexibility index (Phi) is 12.7. The second-order valence-corrected chi connectivity index (χ2v) is 5.95. The third-order valence-electron chi connectivity index (χ3n) is 3.15. The molecular weight excluding hydrogens is 399 g/mol. The summed E-state index contributed by atoms with van der Waals surface area (Å²) in [7, 11) is 0. The van der Waals surface area contributed by atoms with Gasteiger partial charge in [-0.1, -0.05) is 12.1 Å². The Balaban J connectivity index is 0.000000713. The number of alkyl halides is 2. The molecule has 0 amide bonds. The van der Waals surface area contributed by atoms with E-state index in [1.807, 2.05) is 24.3 Å².